The van der Waals surface area contributed by atoms with E-state index in [1.807, 2.05) is 19.1 Å². The summed E-state index contributed by atoms with van der Waals surface area (Å²) < 4.78 is 0. The zero-order chi connectivity index (χ0) is 9.14. The molecule has 2 heteroatoms. The van der Waals surface area contributed by atoms with E-state index < -0.39 is 0 Å². The van der Waals surface area contributed by atoms with E-state index in [9.17, 15) is 0 Å². The second kappa shape index (κ2) is 4.15. The van der Waals surface area contributed by atoms with Gasteiger partial charge in [0.25, 0.3) is 0 Å². The lowest BCUT2D eigenvalue weighted by Gasteiger charge is -2.06. The van der Waals surface area contributed by atoms with Crippen LogP contribution in [0.2, 0.25) is 10.0 Å². The predicted octanol–water partition coefficient (Wildman–Crippen LogP) is 4.25. The van der Waals surface area contributed by atoms with Crippen molar-refractivity contribution < 1.29 is 0 Å². The summed E-state index contributed by atoms with van der Waals surface area (Å²) >= 11 is 12.1. The molecule has 0 bridgehead atoms. The van der Waals surface area contributed by atoms with Crippen molar-refractivity contribution in [3.05, 3.63) is 33.3 Å². The van der Waals surface area contributed by atoms with Crippen molar-refractivity contribution in [2.75, 3.05) is 0 Å². The molecule has 0 saturated heterocycles. The maximum Gasteiger partial charge on any atom is 0.0455 e. The molecule has 0 saturated carbocycles. The van der Waals surface area contributed by atoms with Gasteiger partial charge in [0.15, 0.2) is 0 Å². The lowest BCUT2D eigenvalue weighted by atomic mass is 10.1. The summed E-state index contributed by atoms with van der Waals surface area (Å²) in [5.41, 5.74) is 2.19. The average molecular weight is 203 g/mol. The SMILES string of the molecule is CCCc1c(Cl)cc(C)cc1Cl. The van der Waals surface area contributed by atoms with Crippen LogP contribution in [0, 0.1) is 6.92 Å². The Morgan fingerprint density at radius 3 is 2.08 bits per heavy atom. The van der Waals surface area contributed by atoms with Crippen molar-refractivity contribution in [2.24, 2.45) is 0 Å². The van der Waals surface area contributed by atoms with Gasteiger partial charge in [0.2, 0.25) is 0 Å². The van der Waals surface area contributed by atoms with Crippen LogP contribution in [-0.4, -0.2) is 0 Å². The molecule has 0 amide bonds. The van der Waals surface area contributed by atoms with Gasteiger partial charge < -0.3 is 0 Å². The molecule has 0 aliphatic carbocycles. The highest BCUT2D eigenvalue weighted by Gasteiger charge is 2.04. The summed E-state index contributed by atoms with van der Waals surface area (Å²) in [6, 6.07) is 3.91. The minimum atomic E-state index is 0.793. The molecule has 12 heavy (non-hydrogen) atoms. The van der Waals surface area contributed by atoms with E-state index in [4.69, 9.17) is 23.2 Å². The van der Waals surface area contributed by atoms with E-state index in [-0.39, 0.29) is 0 Å². The number of hydrogen-bond donors (Lipinski definition) is 0. The maximum absolute atomic E-state index is 6.03. The van der Waals surface area contributed by atoms with Crippen molar-refractivity contribution in [2.45, 2.75) is 26.7 Å². The lowest BCUT2D eigenvalue weighted by Crippen LogP contribution is -1.88. The molecule has 1 aromatic rings. The second-order valence-corrected chi connectivity index (χ2v) is 3.77. The van der Waals surface area contributed by atoms with Crippen LogP contribution in [-0.2, 0) is 6.42 Å². The maximum atomic E-state index is 6.03. The van der Waals surface area contributed by atoms with Gasteiger partial charge in [-0.1, -0.05) is 36.5 Å². The van der Waals surface area contributed by atoms with Crippen LogP contribution in [0.4, 0.5) is 0 Å². The number of aryl methyl sites for hydroxylation is 1. The van der Waals surface area contributed by atoms with E-state index in [0.29, 0.717) is 0 Å². The molecular weight excluding hydrogens is 191 g/mol. The van der Waals surface area contributed by atoms with Gasteiger partial charge in [-0.2, -0.15) is 0 Å². The fourth-order valence-corrected chi connectivity index (χ4v) is 2.00. The quantitative estimate of drug-likeness (QED) is 0.673. The molecule has 0 nitrogen and oxygen atoms in total. The van der Waals surface area contributed by atoms with Gasteiger partial charge >= 0.3 is 0 Å². The molecule has 1 aromatic carbocycles. The molecule has 1 rings (SSSR count). The van der Waals surface area contributed by atoms with E-state index in [0.717, 1.165) is 34.0 Å². The summed E-state index contributed by atoms with van der Waals surface area (Å²) in [6.45, 7) is 4.11. The highest BCUT2D eigenvalue weighted by molar-refractivity contribution is 6.36. The van der Waals surface area contributed by atoms with Crippen molar-refractivity contribution in [1.82, 2.24) is 0 Å². The summed E-state index contributed by atoms with van der Waals surface area (Å²) in [4.78, 5) is 0. The summed E-state index contributed by atoms with van der Waals surface area (Å²) in [5, 5.41) is 1.59. The van der Waals surface area contributed by atoms with Crippen LogP contribution in [0.25, 0.3) is 0 Å². The molecule has 0 spiro atoms. The number of rotatable bonds is 2. The molecule has 0 aromatic heterocycles. The Morgan fingerprint density at radius 2 is 1.67 bits per heavy atom. The predicted molar refractivity (Wildman–Crippen MR) is 55.2 cm³/mol. The van der Waals surface area contributed by atoms with Gasteiger partial charge in [0.05, 0.1) is 0 Å². The average Bonchev–Trinajstić information content (AvgIpc) is 1.96. The van der Waals surface area contributed by atoms with Crippen LogP contribution in [0.5, 0.6) is 0 Å². The molecule has 0 atom stereocenters. The van der Waals surface area contributed by atoms with E-state index >= 15 is 0 Å². The fraction of sp³-hybridized carbons (Fsp3) is 0.400. The number of hydrogen-bond acceptors (Lipinski definition) is 0. The van der Waals surface area contributed by atoms with Crippen molar-refractivity contribution >= 4 is 23.2 Å². The second-order valence-electron chi connectivity index (χ2n) is 2.96. The number of halogens is 2. The third-order valence-corrected chi connectivity index (χ3v) is 2.46. The van der Waals surface area contributed by atoms with Crippen molar-refractivity contribution in [1.29, 1.82) is 0 Å². The van der Waals surface area contributed by atoms with E-state index in [1.54, 1.807) is 0 Å². The Morgan fingerprint density at radius 1 is 1.17 bits per heavy atom. The lowest BCUT2D eigenvalue weighted by molar-refractivity contribution is 0.921. The monoisotopic (exact) mass is 202 g/mol. The molecule has 0 aliphatic rings. The molecule has 0 heterocycles. The van der Waals surface area contributed by atoms with Gasteiger partial charge in [0, 0.05) is 10.0 Å². The van der Waals surface area contributed by atoms with Crippen LogP contribution in [0.1, 0.15) is 24.5 Å². The Bertz CT molecular complexity index is 256. The topological polar surface area (TPSA) is 0 Å². The van der Waals surface area contributed by atoms with Gasteiger partial charge in [-0.3, -0.25) is 0 Å². The molecular formula is C10H12Cl2. The molecule has 0 radical (unpaired) electrons. The minimum absolute atomic E-state index is 0.793. The smallest absolute Gasteiger partial charge is 0.0455 e. The summed E-state index contributed by atoms with van der Waals surface area (Å²) in [7, 11) is 0. The summed E-state index contributed by atoms with van der Waals surface area (Å²) in [5.74, 6) is 0. The first-order valence-corrected chi connectivity index (χ1v) is 4.85. The van der Waals surface area contributed by atoms with E-state index in [2.05, 4.69) is 6.92 Å². The van der Waals surface area contributed by atoms with Crippen LogP contribution in [0.3, 0.4) is 0 Å². The first kappa shape index (κ1) is 9.88. The molecule has 0 fully saturated rings. The summed E-state index contributed by atoms with van der Waals surface area (Å²) in [6.07, 6.45) is 2.03. The Labute approximate surface area is 83.5 Å². The van der Waals surface area contributed by atoms with Crippen molar-refractivity contribution in [3.63, 3.8) is 0 Å². The molecule has 0 unspecified atom stereocenters. The largest absolute Gasteiger partial charge is 0.0840 e. The highest BCUT2D eigenvalue weighted by Crippen LogP contribution is 2.27. The van der Waals surface area contributed by atoms with Crippen LogP contribution < -0.4 is 0 Å². The zero-order valence-electron chi connectivity index (χ0n) is 7.32. The minimum Gasteiger partial charge on any atom is -0.0840 e. The normalized spacial score (nSPS) is 10.3. The van der Waals surface area contributed by atoms with Crippen molar-refractivity contribution in [3.8, 4) is 0 Å². The van der Waals surface area contributed by atoms with Crippen LogP contribution >= 0.6 is 23.2 Å². The zero-order valence-corrected chi connectivity index (χ0v) is 8.84. The Hall–Kier alpha value is -0.200. The first-order valence-electron chi connectivity index (χ1n) is 4.09. The molecule has 0 N–H and O–H groups in total. The third-order valence-electron chi connectivity index (χ3n) is 1.79. The standard InChI is InChI=1S/C10H12Cl2/c1-3-4-8-9(11)5-7(2)6-10(8)12/h5-6H,3-4H2,1-2H3. The Balaban J connectivity index is 3.10. The third kappa shape index (κ3) is 2.15. The van der Waals surface area contributed by atoms with Gasteiger partial charge in [-0.15, -0.1) is 0 Å². The van der Waals surface area contributed by atoms with Crippen LogP contribution in [0.15, 0.2) is 12.1 Å². The number of benzene rings is 1. The van der Waals surface area contributed by atoms with E-state index in [1.165, 1.54) is 0 Å². The highest BCUT2D eigenvalue weighted by atomic mass is 35.5. The first-order chi connectivity index (χ1) is 5.65. The Kier molecular flexibility index (Phi) is 3.42. The molecule has 0 aliphatic heterocycles. The van der Waals surface area contributed by atoms with Gasteiger partial charge in [0.1, 0.15) is 0 Å². The van der Waals surface area contributed by atoms with Gasteiger partial charge in [-0.25, -0.2) is 0 Å². The fourth-order valence-electron chi connectivity index (χ4n) is 1.22. The molecule has 66 valence electrons. The van der Waals surface area contributed by atoms with Gasteiger partial charge in [-0.05, 0) is 36.6 Å².